The molecule has 3 aliphatic heterocycles. The zero-order valence-corrected chi connectivity index (χ0v) is 17.3. The van der Waals surface area contributed by atoms with Crippen LogP contribution in [-0.2, 0) is 4.74 Å². The Kier molecular flexibility index (Phi) is 6.34. The van der Waals surface area contributed by atoms with Gasteiger partial charge in [-0.25, -0.2) is 14.8 Å². The van der Waals surface area contributed by atoms with Crippen LogP contribution < -0.4 is 4.90 Å². The second kappa shape index (κ2) is 9.13. The summed E-state index contributed by atoms with van der Waals surface area (Å²) in [4.78, 5) is 41.9. The maximum atomic E-state index is 13.0. The average Bonchev–Trinajstić information content (AvgIpc) is 2.80. The van der Waals surface area contributed by atoms with E-state index in [0.29, 0.717) is 58.4 Å². The fourth-order valence-electron chi connectivity index (χ4n) is 3.96. The molecule has 29 heavy (non-hydrogen) atoms. The molecule has 0 bridgehead atoms. The number of anilines is 1. The van der Waals surface area contributed by atoms with Crippen molar-refractivity contribution in [1.29, 1.82) is 0 Å². The number of urea groups is 1. The number of piperidine rings is 1. The van der Waals surface area contributed by atoms with Crippen molar-refractivity contribution in [1.82, 2.24) is 24.7 Å². The maximum Gasteiger partial charge on any atom is 0.320 e. The van der Waals surface area contributed by atoms with Gasteiger partial charge in [0, 0.05) is 52.4 Å². The number of carbonyl (C=O) groups is 2. The molecular weight excluding hydrogens is 396 g/mol. The molecule has 3 aliphatic rings. The van der Waals surface area contributed by atoms with E-state index in [-0.39, 0.29) is 22.7 Å². The van der Waals surface area contributed by atoms with Gasteiger partial charge in [-0.2, -0.15) is 0 Å². The molecule has 4 rings (SSSR count). The van der Waals surface area contributed by atoms with Crippen molar-refractivity contribution in [2.75, 3.05) is 70.5 Å². The normalized spacial score (nSPS) is 20.7. The molecule has 0 aromatic carbocycles. The van der Waals surface area contributed by atoms with E-state index in [1.165, 1.54) is 12.6 Å². The monoisotopic (exact) mass is 422 g/mol. The highest BCUT2D eigenvalue weighted by Gasteiger charge is 2.30. The van der Waals surface area contributed by atoms with Crippen LogP contribution in [0, 0.1) is 0 Å². The third-order valence-corrected chi connectivity index (χ3v) is 5.97. The first-order valence-corrected chi connectivity index (χ1v) is 10.7. The minimum absolute atomic E-state index is 0.0893. The van der Waals surface area contributed by atoms with E-state index in [1.807, 2.05) is 14.7 Å². The summed E-state index contributed by atoms with van der Waals surface area (Å²) in [6.45, 7) is 6.28. The Hall–Kier alpha value is -2.13. The van der Waals surface area contributed by atoms with Gasteiger partial charge in [-0.1, -0.05) is 11.6 Å². The number of carbonyl (C=O) groups excluding carboxylic acids is 2. The largest absolute Gasteiger partial charge is 0.378 e. The highest BCUT2D eigenvalue weighted by molar-refractivity contribution is 6.33. The predicted octanol–water partition coefficient (Wildman–Crippen LogP) is 1.33. The third-order valence-electron chi connectivity index (χ3n) is 5.69. The zero-order chi connectivity index (χ0) is 20.2. The molecule has 9 nitrogen and oxygen atoms in total. The highest BCUT2D eigenvalue weighted by atomic mass is 35.5. The summed E-state index contributed by atoms with van der Waals surface area (Å²) >= 11 is 6.24. The number of piperazine rings is 1. The Balaban J connectivity index is 1.38. The van der Waals surface area contributed by atoms with Crippen molar-refractivity contribution in [2.45, 2.75) is 19.3 Å². The van der Waals surface area contributed by atoms with Crippen LogP contribution in [0.2, 0.25) is 5.02 Å². The Morgan fingerprint density at radius 2 is 1.48 bits per heavy atom. The quantitative estimate of drug-likeness (QED) is 0.715. The van der Waals surface area contributed by atoms with Crippen molar-refractivity contribution in [3.05, 3.63) is 16.9 Å². The SMILES string of the molecule is O=C(c1nc(N2CCOCC2)ncc1Cl)N1CCN(C(=O)N2CCCCC2)CC1. The number of hydrogen-bond donors (Lipinski definition) is 0. The number of aromatic nitrogens is 2. The van der Waals surface area contributed by atoms with E-state index in [4.69, 9.17) is 16.3 Å². The fourth-order valence-corrected chi connectivity index (χ4v) is 4.13. The molecule has 158 valence electrons. The molecule has 3 amide bonds. The zero-order valence-electron chi connectivity index (χ0n) is 16.6. The summed E-state index contributed by atoms with van der Waals surface area (Å²) < 4.78 is 5.36. The summed E-state index contributed by atoms with van der Waals surface area (Å²) in [7, 11) is 0. The smallest absolute Gasteiger partial charge is 0.320 e. The van der Waals surface area contributed by atoms with Crippen molar-refractivity contribution in [3.8, 4) is 0 Å². The molecule has 4 heterocycles. The number of likely N-dealkylation sites (tertiary alicyclic amines) is 1. The van der Waals surface area contributed by atoms with E-state index in [1.54, 1.807) is 4.90 Å². The van der Waals surface area contributed by atoms with Gasteiger partial charge in [-0.15, -0.1) is 0 Å². The Morgan fingerprint density at radius 3 is 2.17 bits per heavy atom. The first-order valence-electron chi connectivity index (χ1n) is 10.3. The Labute approximate surface area is 175 Å². The van der Waals surface area contributed by atoms with Crippen molar-refractivity contribution in [2.24, 2.45) is 0 Å². The van der Waals surface area contributed by atoms with Gasteiger partial charge in [0.25, 0.3) is 5.91 Å². The van der Waals surface area contributed by atoms with Crippen LogP contribution in [0.3, 0.4) is 0 Å². The lowest BCUT2D eigenvalue weighted by Crippen LogP contribution is -2.54. The molecule has 1 aromatic heterocycles. The van der Waals surface area contributed by atoms with Gasteiger partial charge < -0.3 is 24.3 Å². The van der Waals surface area contributed by atoms with E-state index in [2.05, 4.69) is 9.97 Å². The van der Waals surface area contributed by atoms with E-state index < -0.39 is 0 Å². The minimum Gasteiger partial charge on any atom is -0.378 e. The maximum absolute atomic E-state index is 13.0. The predicted molar refractivity (Wildman–Crippen MR) is 108 cm³/mol. The average molecular weight is 423 g/mol. The Morgan fingerprint density at radius 1 is 0.862 bits per heavy atom. The van der Waals surface area contributed by atoms with Gasteiger partial charge in [0.05, 0.1) is 24.4 Å². The topological polar surface area (TPSA) is 82.1 Å². The van der Waals surface area contributed by atoms with Crippen LogP contribution in [0.1, 0.15) is 29.8 Å². The van der Waals surface area contributed by atoms with E-state index >= 15 is 0 Å². The molecule has 0 N–H and O–H groups in total. The lowest BCUT2D eigenvalue weighted by Gasteiger charge is -2.38. The first-order chi connectivity index (χ1) is 14.1. The molecule has 0 saturated carbocycles. The second-order valence-electron chi connectivity index (χ2n) is 7.58. The molecule has 0 unspecified atom stereocenters. The summed E-state index contributed by atoms with van der Waals surface area (Å²) in [5, 5.41) is 0.249. The molecule has 10 heteroatoms. The Bertz CT molecular complexity index is 743. The highest BCUT2D eigenvalue weighted by Crippen LogP contribution is 2.20. The molecule has 3 fully saturated rings. The number of rotatable bonds is 2. The van der Waals surface area contributed by atoms with Crippen LogP contribution in [0.15, 0.2) is 6.20 Å². The molecule has 0 aliphatic carbocycles. The molecule has 1 aromatic rings. The van der Waals surface area contributed by atoms with Gasteiger partial charge in [-0.3, -0.25) is 4.79 Å². The van der Waals surface area contributed by atoms with Crippen molar-refractivity contribution >= 4 is 29.5 Å². The van der Waals surface area contributed by atoms with Gasteiger partial charge >= 0.3 is 6.03 Å². The number of nitrogens with zero attached hydrogens (tertiary/aromatic N) is 6. The minimum atomic E-state index is -0.211. The van der Waals surface area contributed by atoms with Gasteiger partial charge in [-0.05, 0) is 19.3 Å². The molecule has 0 spiro atoms. The summed E-state index contributed by atoms with van der Waals surface area (Å²) in [5.41, 5.74) is 0.221. The fraction of sp³-hybridized carbons (Fsp3) is 0.684. The van der Waals surface area contributed by atoms with E-state index in [9.17, 15) is 9.59 Å². The number of amides is 3. The number of hydrogen-bond acceptors (Lipinski definition) is 6. The van der Waals surface area contributed by atoms with E-state index in [0.717, 1.165) is 25.9 Å². The number of halogens is 1. The van der Waals surface area contributed by atoms with Crippen molar-refractivity contribution < 1.29 is 14.3 Å². The van der Waals surface area contributed by atoms with Crippen LogP contribution in [-0.4, -0.2) is 102 Å². The molecule has 0 radical (unpaired) electrons. The lowest BCUT2D eigenvalue weighted by molar-refractivity contribution is 0.0627. The summed E-state index contributed by atoms with van der Waals surface area (Å²) in [6.07, 6.45) is 4.82. The third kappa shape index (κ3) is 4.56. The standard InChI is InChI=1S/C19H27ClN6O3/c20-15-14-21-18(24-10-12-29-13-11-24)22-16(15)17(27)23-6-8-26(9-7-23)19(28)25-4-2-1-3-5-25/h14H,1-13H2. The number of ether oxygens (including phenoxy) is 1. The second-order valence-corrected chi connectivity index (χ2v) is 7.98. The van der Waals surface area contributed by atoms with Gasteiger partial charge in [0.15, 0.2) is 5.69 Å². The van der Waals surface area contributed by atoms with Crippen LogP contribution >= 0.6 is 11.6 Å². The van der Waals surface area contributed by atoms with Gasteiger partial charge in [0.1, 0.15) is 0 Å². The van der Waals surface area contributed by atoms with Crippen LogP contribution in [0.25, 0.3) is 0 Å². The lowest BCUT2D eigenvalue weighted by atomic mass is 10.1. The number of morpholine rings is 1. The van der Waals surface area contributed by atoms with Crippen LogP contribution in [0.4, 0.5) is 10.7 Å². The van der Waals surface area contributed by atoms with Crippen LogP contribution in [0.5, 0.6) is 0 Å². The van der Waals surface area contributed by atoms with Crippen molar-refractivity contribution in [3.63, 3.8) is 0 Å². The molecule has 3 saturated heterocycles. The van der Waals surface area contributed by atoms with Gasteiger partial charge in [0.2, 0.25) is 5.95 Å². The molecular formula is C19H27ClN6O3. The summed E-state index contributed by atoms with van der Waals surface area (Å²) in [6, 6.07) is 0.0893. The molecule has 0 atom stereocenters. The first kappa shape index (κ1) is 20.2. The summed E-state index contributed by atoms with van der Waals surface area (Å²) in [5.74, 6) is 0.289.